The number of piperidine rings is 1. The highest BCUT2D eigenvalue weighted by atomic mass is 16.1. The molecule has 2 nitrogen and oxygen atoms in total. The van der Waals surface area contributed by atoms with Crippen molar-refractivity contribution in [2.24, 2.45) is 11.8 Å². The van der Waals surface area contributed by atoms with E-state index in [0.29, 0.717) is 0 Å². The van der Waals surface area contributed by atoms with E-state index in [2.05, 4.69) is 103 Å². The average Bonchev–Trinajstić information content (AvgIpc) is 2.90. The highest BCUT2D eigenvalue weighted by molar-refractivity contribution is 5.98. The fraction of sp³-hybridized carbons (Fsp3) is 0.219. The lowest BCUT2D eigenvalue weighted by atomic mass is 9.67. The molecule has 1 fully saturated rings. The van der Waals surface area contributed by atoms with Crippen LogP contribution in [-0.2, 0) is 6.54 Å². The average molecular weight is 446 g/mol. The van der Waals surface area contributed by atoms with E-state index in [1.807, 2.05) is 30.3 Å². The Labute approximate surface area is 202 Å². The lowest BCUT2D eigenvalue weighted by Gasteiger charge is -2.48. The molecule has 5 rings (SSSR count). The Kier molecular flexibility index (Phi) is 6.69. The van der Waals surface area contributed by atoms with E-state index in [1.54, 1.807) is 0 Å². The molecule has 0 radical (unpaired) electrons. The number of hydrogen-bond acceptors (Lipinski definition) is 2. The smallest absolute Gasteiger partial charge is 0.167 e. The van der Waals surface area contributed by atoms with Crippen molar-refractivity contribution < 1.29 is 4.79 Å². The van der Waals surface area contributed by atoms with Crippen LogP contribution in [-0.4, -0.2) is 17.2 Å². The Hall–Kier alpha value is -3.49. The zero-order valence-electron chi connectivity index (χ0n) is 19.6. The van der Waals surface area contributed by atoms with Gasteiger partial charge >= 0.3 is 0 Å². The summed E-state index contributed by atoms with van der Waals surface area (Å²) in [6.07, 6.45) is 0. The molecular formula is C32H31NO. The second-order valence-corrected chi connectivity index (χ2v) is 9.40. The van der Waals surface area contributed by atoms with Crippen LogP contribution in [0.5, 0.6) is 0 Å². The summed E-state index contributed by atoms with van der Waals surface area (Å²) in [6, 6.07) is 42.1. The zero-order valence-corrected chi connectivity index (χ0v) is 19.6. The van der Waals surface area contributed by atoms with E-state index in [1.165, 1.54) is 16.7 Å². The Bertz CT molecular complexity index is 1190. The summed E-state index contributed by atoms with van der Waals surface area (Å²) in [7, 11) is 0. The van der Waals surface area contributed by atoms with Crippen LogP contribution in [0.15, 0.2) is 121 Å². The van der Waals surface area contributed by atoms with Gasteiger partial charge in [0.1, 0.15) is 0 Å². The Morgan fingerprint density at radius 1 is 0.706 bits per heavy atom. The highest BCUT2D eigenvalue weighted by Crippen LogP contribution is 2.48. The quantitative estimate of drug-likeness (QED) is 0.293. The number of Topliss-reactive ketones (excluding diaryl/α,β-unsaturated/α-hetero) is 1. The van der Waals surface area contributed by atoms with Crippen LogP contribution in [0.2, 0.25) is 0 Å². The lowest BCUT2D eigenvalue weighted by Crippen LogP contribution is -2.48. The van der Waals surface area contributed by atoms with E-state index in [9.17, 15) is 4.79 Å². The minimum Gasteiger partial charge on any atom is -0.294 e. The number of rotatable bonds is 6. The molecule has 34 heavy (non-hydrogen) atoms. The zero-order chi connectivity index (χ0) is 23.3. The van der Waals surface area contributed by atoms with Crippen molar-refractivity contribution in [3.63, 3.8) is 0 Å². The molecule has 0 N–H and O–H groups in total. The van der Waals surface area contributed by atoms with Crippen molar-refractivity contribution in [2.45, 2.75) is 25.4 Å². The number of carbonyl (C=O) groups is 1. The second kappa shape index (κ2) is 10.2. The van der Waals surface area contributed by atoms with Crippen LogP contribution in [0, 0.1) is 11.8 Å². The summed E-state index contributed by atoms with van der Waals surface area (Å²) in [5.41, 5.74) is 4.65. The first kappa shape index (κ1) is 22.3. The first-order valence-electron chi connectivity index (χ1n) is 12.2. The van der Waals surface area contributed by atoms with E-state index in [0.717, 1.165) is 18.7 Å². The highest BCUT2D eigenvalue weighted by Gasteiger charge is 2.45. The minimum absolute atomic E-state index is 0.108. The third-order valence-corrected chi connectivity index (χ3v) is 7.27. The maximum absolute atomic E-state index is 13.9. The predicted octanol–water partition coefficient (Wildman–Crippen LogP) is 7.16. The van der Waals surface area contributed by atoms with Gasteiger partial charge in [0.25, 0.3) is 0 Å². The molecule has 4 aromatic carbocycles. The Morgan fingerprint density at radius 3 is 1.79 bits per heavy atom. The van der Waals surface area contributed by atoms with Gasteiger partial charge in [-0.05, 0) is 28.5 Å². The molecule has 170 valence electrons. The Balaban J connectivity index is 1.59. The van der Waals surface area contributed by atoms with Gasteiger partial charge in [0, 0.05) is 30.6 Å². The molecule has 0 saturated carbocycles. The maximum atomic E-state index is 13.9. The van der Waals surface area contributed by atoms with E-state index < -0.39 is 0 Å². The monoisotopic (exact) mass is 445 g/mol. The molecule has 0 aliphatic carbocycles. The van der Waals surface area contributed by atoms with E-state index in [4.69, 9.17) is 0 Å². The van der Waals surface area contributed by atoms with Gasteiger partial charge in [0.15, 0.2) is 5.78 Å². The normalized spacial score (nSPS) is 22.9. The molecule has 1 aliphatic rings. The third kappa shape index (κ3) is 4.60. The summed E-state index contributed by atoms with van der Waals surface area (Å²) in [5.74, 6) is 0.542. The SMILES string of the molecule is C[C@@H]1[C@H](c2ccccc2)[C@@H](C(=O)c2ccccc2)CN(Cc2ccccc2)[C@H]1c1ccccc1. The van der Waals surface area contributed by atoms with Crippen LogP contribution in [0.3, 0.4) is 0 Å². The molecule has 4 aromatic rings. The largest absolute Gasteiger partial charge is 0.294 e. The summed E-state index contributed by atoms with van der Waals surface area (Å²) >= 11 is 0. The molecule has 2 heteroatoms. The van der Waals surface area contributed by atoms with Crippen molar-refractivity contribution in [3.05, 3.63) is 144 Å². The van der Waals surface area contributed by atoms with E-state index >= 15 is 0 Å². The first-order valence-corrected chi connectivity index (χ1v) is 12.2. The van der Waals surface area contributed by atoms with Crippen molar-refractivity contribution in [2.75, 3.05) is 6.54 Å². The van der Waals surface area contributed by atoms with Gasteiger partial charge in [-0.3, -0.25) is 9.69 Å². The van der Waals surface area contributed by atoms with Crippen molar-refractivity contribution in [1.82, 2.24) is 4.90 Å². The molecule has 0 bridgehead atoms. The Morgan fingerprint density at radius 2 is 1.21 bits per heavy atom. The summed E-state index contributed by atoms with van der Waals surface area (Å²) in [6.45, 7) is 3.88. The molecular weight excluding hydrogens is 414 g/mol. The maximum Gasteiger partial charge on any atom is 0.167 e. The summed E-state index contributed by atoms with van der Waals surface area (Å²) < 4.78 is 0. The number of benzene rings is 4. The molecule has 4 atom stereocenters. The van der Waals surface area contributed by atoms with Gasteiger partial charge in [-0.25, -0.2) is 0 Å². The van der Waals surface area contributed by atoms with Crippen LogP contribution in [0.1, 0.15) is 45.9 Å². The number of hydrogen-bond donors (Lipinski definition) is 0. The summed E-state index contributed by atoms with van der Waals surface area (Å²) in [5, 5.41) is 0. The molecule has 1 aliphatic heterocycles. The van der Waals surface area contributed by atoms with Crippen LogP contribution >= 0.6 is 0 Å². The van der Waals surface area contributed by atoms with Gasteiger partial charge in [-0.15, -0.1) is 0 Å². The lowest BCUT2D eigenvalue weighted by molar-refractivity contribution is 0.0321. The molecule has 1 saturated heterocycles. The second-order valence-electron chi connectivity index (χ2n) is 9.40. The first-order chi connectivity index (χ1) is 16.7. The third-order valence-electron chi connectivity index (χ3n) is 7.27. The van der Waals surface area contributed by atoms with Crippen molar-refractivity contribution in [3.8, 4) is 0 Å². The van der Waals surface area contributed by atoms with Gasteiger partial charge in [-0.2, -0.15) is 0 Å². The standard InChI is InChI=1S/C32H31NO/c1-24-30(26-16-8-3-9-17-26)29(32(34)28-20-12-5-13-21-28)23-33(22-25-14-6-2-7-15-25)31(24)27-18-10-4-11-19-27/h2-21,24,29-31H,22-23H2,1H3/t24-,29+,30-,31-/m1/s1. The predicted molar refractivity (Wildman–Crippen MR) is 139 cm³/mol. The molecule has 0 spiro atoms. The molecule has 1 heterocycles. The van der Waals surface area contributed by atoms with Crippen LogP contribution in [0.25, 0.3) is 0 Å². The van der Waals surface area contributed by atoms with Crippen molar-refractivity contribution in [1.29, 1.82) is 0 Å². The summed E-state index contributed by atoms with van der Waals surface area (Å²) in [4.78, 5) is 16.5. The fourth-order valence-electron chi connectivity index (χ4n) is 5.79. The van der Waals surface area contributed by atoms with Crippen LogP contribution in [0.4, 0.5) is 0 Å². The van der Waals surface area contributed by atoms with E-state index in [-0.39, 0.29) is 29.6 Å². The van der Waals surface area contributed by atoms with Gasteiger partial charge < -0.3 is 0 Å². The van der Waals surface area contributed by atoms with Crippen LogP contribution < -0.4 is 0 Å². The number of carbonyl (C=O) groups excluding carboxylic acids is 1. The van der Waals surface area contributed by atoms with Gasteiger partial charge in [0.05, 0.1) is 0 Å². The molecule has 0 amide bonds. The molecule has 0 aromatic heterocycles. The topological polar surface area (TPSA) is 20.3 Å². The number of ketones is 1. The number of likely N-dealkylation sites (tertiary alicyclic amines) is 1. The van der Waals surface area contributed by atoms with Gasteiger partial charge in [0.2, 0.25) is 0 Å². The molecule has 0 unspecified atom stereocenters. The minimum atomic E-state index is -0.108. The van der Waals surface area contributed by atoms with Gasteiger partial charge in [-0.1, -0.05) is 128 Å². The fourth-order valence-corrected chi connectivity index (χ4v) is 5.79. The van der Waals surface area contributed by atoms with Crippen molar-refractivity contribution >= 4 is 5.78 Å². The number of nitrogens with zero attached hydrogens (tertiary/aromatic N) is 1.